The number of nitrogens with zero attached hydrogens (tertiary/aromatic N) is 2. The Morgan fingerprint density at radius 3 is 2.60 bits per heavy atom. The summed E-state index contributed by atoms with van der Waals surface area (Å²) in [4.78, 5) is 22.0. The predicted octanol–water partition coefficient (Wildman–Crippen LogP) is 5.19. The Morgan fingerprint density at radius 2 is 1.80 bits per heavy atom. The van der Waals surface area contributed by atoms with Crippen LogP contribution in [0.5, 0.6) is 0 Å². The molecule has 0 spiro atoms. The topological polar surface area (TPSA) is 62.7 Å². The van der Waals surface area contributed by atoms with Gasteiger partial charge in [0.05, 0.1) is 16.7 Å². The van der Waals surface area contributed by atoms with Crippen LogP contribution in [0.1, 0.15) is 44.6 Å². The molecule has 0 saturated heterocycles. The second kappa shape index (κ2) is 7.01. The minimum atomic E-state index is -0.209. The van der Waals surface area contributed by atoms with Gasteiger partial charge in [0.2, 0.25) is 5.91 Å². The average Bonchev–Trinajstić information content (AvgIpc) is 3.16. The molecule has 5 heteroatoms. The average molecular weight is 399 g/mol. The van der Waals surface area contributed by atoms with Gasteiger partial charge in [-0.2, -0.15) is 0 Å². The van der Waals surface area contributed by atoms with E-state index in [1.165, 1.54) is 12.8 Å². The fourth-order valence-corrected chi connectivity index (χ4v) is 5.02. The molecule has 2 heterocycles. The number of imidazole rings is 1. The minimum absolute atomic E-state index is 0.157. The van der Waals surface area contributed by atoms with Crippen LogP contribution in [0.25, 0.3) is 33.5 Å². The van der Waals surface area contributed by atoms with Gasteiger partial charge in [-0.15, -0.1) is 0 Å². The summed E-state index contributed by atoms with van der Waals surface area (Å²) in [5.41, 5.74) is 4.02. The van der Waals surface area contributed by atoms with Crippen molar-refractivity contribution in [2.45, 2.75) is 50.6 Å². The van der Waals surface area contributed by atoms with E-state index >= 15 is 0 Å². The first-order valence-electron chi connectivity index (χ1n) is 11.1. The molecule has 0 aliphatic heterocycles. The number of hydrogen-bond donors (Lipinski definition) is 2. The van der Waals surface area contributed by atoms with Crippen molar-refractivity contribution in [1.29, 1.82) is 0 Å². The maximum atomic E-state index is 13.5. The fourth-order valence-electron chi connectivity index (χ4n) is 5.02. The largest absolute Gasteiger partial charge is 0.352 e. The van der Waals surface area contributed by atoms with Crippen molar-refractivity contribution < 1.29 is 4.79 Å². The van der Waals surface area contributed by atoms with Gasteiger partial charge in [0.1, 0.15) is 6.04 Å². The zero-order valence-electron chi connectivity index (χ0n) is 17.0. The van der Waals surface area contributed by atoms with Gasteiger partial charge >= 0.3 is 0 Å². The summed E-state index contributed by atoms with van der Waals surface area (Å²) < 4.78 is 2.20. The monoisotopic (exact) mass is 398 g/mol. The molecule has 1 atom stereocenters. The number of aromatic nitrogens is 3. The highest BCUT2D eigenvalue weighted by Gasteiger charge is 2.40. The van der Waals surface area contributed by atoms with E-state index in [0.29, 0.717) is 12.0 Å². The molecule has 5 nitrogen and oxygen atoms in total. The molecule has 2 aliphatic carbocycles. The molecule has 2 fully saturated rings. The lowest BCUT2D eigenvalue weighted by molar-refractivity contribution is -0.125. The first kappa shape index (κ1) is 17.8. The normalized spacial score (nSPS) is 18.3. The first-order chi connectivity index (χ1) is 14.8. The van der Waals surface area contributed by atoms with E-state index < -0.39 is 0 Å². The number of carbonyl (C=O) groups excluding carboxylic acids is 1. The SMILES string of the molecule is O=C(NC1CCCC1)C(C1CC1)n1c(-c2cc3ccccc3[nH]2)nc2ccccc21. The maximum Gasteiger partial charge on any atom is 0.243 e. The number of benzene rings is 2. The summed E-state index contributed by atoms with van der Waals surface area (Å²) in [6.07, 6.45) is 6.83. The zero-order valence-corrected chi connectivity index (χ0v) is 17.0. The van der Waals surface area contributed by atoms with Crippen LogP contribution in [-0.2, 0) is 4.79 Å². The van der Waals surface area contributed by atoms with Gasteiger partial charge in [-0.25, -0.2) is 4.98 Å². The quantitative estimate of drug-likeness (QED) is 0.486. The third kappa shape index (κ3) is 3.00. The highest BCUT2D eigenvalue weighted by atomic mass is 16.2. The van der Waals surface area contributed by atoms with Crippen LogP contribution in [0.2, 0.25) is 0 Å². The van der Waals surface area contributed by atoms with E-state index in [1.807, 2.05) is 30.3 Å². The summed E-state index contributed by atoms with van der Waals surface area (Å²) in [5, 5.41) is 4.52. The van der Waals surface area contributed by atoms with E-state index in [9.17, 15) is 4.79 Å². The van der Waals surface area contributed by atoms with E-state index in [2.05, 4.69) is 39.1 Å². The van der Waals surface area contributed by atoms with Crippen LogP contribution in [0.15, 0.2) is 54.6 Å². The number of para-hydroxylation sites is 3. The standard InChI is InChI=1S/C25H26N4O/c30-25(26-18-8-2-3-9-18)23(16-13-14-16)29-22-12-6-5-11-20(22)28-24(29)21-15-17-7-1-4-10-19(17)27-21/h1,4-7,10-12,15-16,18,23,27H,2-3,8-9,13-14H2,(H,26,30). The van der Waals surface area contributed by atoms with E-state index in [4.69, 9.17) is 4.98 Å². The summed E-state index contributed by atoms with van der Waals surface area (Å²) in [7, 11) is 0. The molecule has 2 N–H and O–H groups in total. The van der Waals surface area contributed by atoms with Gasteiger partial charge in [0.25, 0.3) is 0 Å². The van der Waals surface area contributed by atoms with Gasteiger partial charge in [0, 0.05) is 16.9 Å². The zero-order chi connectivity index (χ0) is 20.1. The Balaban J connectivity index is 1.49. The molecular formula is C25H26N4O. The van der Waals surface area contributed by atoms with E-state index in [0.717, 1.165) is 59.1 Å². The predicted molar refractivity (Wildman–Crippen MR) is 119 cm³/mol. The molecule has 1 unspecified atom stereocenters. The van der Waals surface area contributed by atoms with Crippen molar-refractivity contribution in [2.24, 2.45) is 5.92 Å². The van der Waals surface area contributed by atoms with E-state index in [-0.39, 0.29) is 11.9 Å². The van der Waals surface area contributed by atoms with Crippen molar-refractivity contribution >= 4 is 27.8 Å². The number of H-pyrrole nitrogens is 1. The Bertz CT molecular complexity index is 1190. The number of nitrogens with one attached hydrogen (secondary N) is 2. The number of aromatic amines is 1. The number of hydrogen-bond acceptors (Lipinski definition) is 2. The number of rotatable bonds is 5. The summed E-state index contributed by atoms with van der Waals surface area (Å²) in [6.45, 7) is 0. The molecule has 152 valence electrons. The Kier molecular flexibility index (Phi) is 4.15. The summed E-state index contributed by atoms with van der Waals surface area (Å²) >= 11 is 0. The number of amides is 1. The molecule has 0 radical (unpaired) electrons. The highest BCUT2D eigenvalue weighted by molar-refractivity contribution is 5.90. The smallest absolute Gasteiger partial charge is 0.243 e. The van der Waals surface area contributed by atoms with Gasteiger partial charge in [-0.1, -0.05) is 43.2 Å². The lowest BCUT2D eigenvalue weighted by atomic mass is 10.1. The molecule has 2 saturated carbocycles. The summed E-state index contributed by atoms with van der Waals surface area (Å²) in [5.74, 6) is 1.39. The molecule has 2 aromatic heterocycles. The van der Waals surface area contributed by atoms with Crippen LogP contribution < -0.4 is 5.32 Å². The van der Waals surface area contributed by atoms with Crippen molar-refractivity contribution in [3.63, 3.8) is 0 Å². The second-order valence-corrected chi connectivity index (χ2v) is 8.84. The van der Waals surface area contributed by atoms with Crippen LogP contribution in [-0.4, -0.2) is 26.5 Å². The Labute approximate surface area is 175 Å². The third-order valence-electron chi connectivity index (χ3n) is 6.68. The highest BCUT2D eigenvalue weighted by Crippen LogP contribution is 2.43. The van der Waals surface area contributed by atoms with Crippen LogP contribution >= 0.6 is 0 Å². The van der Waals surface area contributed by atoms with Crippen LogP contribution in [0, 0.1) is 5.92 Å². The van der Waals surface area contributed by atoms with Crippen LogP contribution in [0.3, 0.4) is 0 Å². The number of fused-ring (bicyclic) bond motifs is 2. The lowest BCUT2D eigenvalue weighted by Gasteiger charge is -2.23. The molecule has 2 aliphatic rings. The molecular weight excluding hydrogens is 372 g/mol. The Hall–Kier alpha value is -3.08. The van der Waals surface area contributed by atoms with Crippen molar-refractivity contribution in [1.82, 2.24) is 19.9 Å². The molecule has 2 aromatic carbocycles. The molecule has 4 aromatic rings. The second-order valence-electron chi connectivity index (χ2n) is 8.84. The third-order valence-corrected chi connectivity index (χ3v) is 6.68. The molecule has 1 amide bonds. The lowest BCUT2D eigenvalue weighted by Crippen LogP contribution is -2.39. The maximum absolute atomic E-state index is 13.5. The van der Waals surface area contributed by atoms with E-state index in [1.54, 1.807) is 0 Å². The Morgan fingerprint density at radius 1 is 1.03 bits per heavy atom. The molecule has 30 heavy (non-hydrogen) atoms. The van der Waals surface area contributed by atoms with Gasteiger partial charge < -0.3 is 14.9 Å². The molecule has 6 rings (SSSR count). The van der Waals surface area contributed by atoms with Crippen LogP contribution in [0.4, 0.5) is 0 Å². The minimum Gasteiger partial charge on any atom is -0.352 e. The van der Waals surface area contributed by atoms with Crippen molar-refractivity contribution in [2.75, 3.05) is 0 Å². The first-order valence-corrected chi connectivity index (χ1v) is 11.1. The fraction of sp³-hybridized carbons (Fsp3) is 0.360. The van der Waals surface area contributed by atoms with Gasteiger partial charge in [-0.3, -0.25) is 4.79 Å². The van der Waals surface area contributed by atoms with Gasteiger partial charge in [0.15, 0.2) is 5.82 Å². The van der Waals surface area contributed by atoms with Crippen molar-refractivity contribution in [3.8, 4) is 11.5 Å². The number of carbonyl (C=O) groups is 1. The molecule has 0 bridgehead atoms. The van der Waals surface area contributed by atoms with Gasteiger partial charge in [-0.05, 0) is 55.9 Å². The summed E-state index contributed by atoms with van der Waals surface area (Å²) in [6, 6.07) is 18.7. The van der Waals surface area contributed by atoms with Crippen molar-refractivity contribution in [3.05, 3.63) is 54.6 Å².